The van der Waals surface area contributed by atoms with Gasteiger partial charge in [0, 0.05) is 0 Å². The van der Waals surface area contributed by atoms with Crippen LogP contribution in [0.4, 0.5) is 0 Å². The van der Waals surface area contributed by atoms with Crippen molar-refractivity contribution in [3.63, 3.8) is 0 Å². The van der Waals surface area contributed by atoms with Crippen LogP contribution in [0.2, 0.25) is 0 Å². The number of aromatic carboxylic acids is 1. The SMILES string of the molecule is CC(C)CS(=O)(=O)c1ccc(C(=O)O)o1. The third kappa shape index (κ3) is 2.82. The highest BCUT2D eigenvalue weighted by Crippen LogP contribution is 2.17. The molecule has 1 N–H and O–H groups in total. The van der Waals surface area contributed by atoms with Crippen LogP contribution in [0.3, 0.4) is 0 Å². The molecule has 0 atom stereocenters. The second kappa shape index (κ2) is 4.06. The van der Waals surface area contributed by atoms with Gasteiger partial charge in [-0.05, 0) is 18.1 Å². The third-order valence-corrected chi connectivity index (χ3v) is 3.59. The lowest BCUT2D eigenvalue weighted by atomic mass is 10.3. The number of hydrogen-bond acceptors (Lipinski definition) is 4. The van der Waals surface area contributed by atoms with Gasteiger partial charge in [0.1, 0.15) is 0 Å². The molecule has 0 saturated heterocycles. The van der Waals surface area contributed by atoms with Gasteiger partial charge in [-0.1, -0.05) is 13.8 Å². The summed E-state index contributed by atoms with van der Waals surface area (Å²) in [5, 5.41) is 8.27. The minimum Gasteiger partial charge on any atom is -0.475 e. The monoisotopic (exact) mass is 232 g/mol. The minimum atomic E-state index is -3.50. The van der Waals surface area contributed by atoms with Crippen molar-refractivity contribution in [1.29, 1.82) is 0 Å². The maximum Gasteiger partial charge on any atom is 0.371 e. The fourth-order valence-corrected chi connectivity index (χ4v) is 2.66. The van der Waals surface area contributed by atoms with Gasteiger partial charge >= 0.3 is 5.97 Å². The summed E-state index contributed by atoms with van der Waals surface area (Å²) in [5.74, 6) is -1.73. The van der Waals surface area contributed by atoms with Gasteiger partial charge in [0.25, 0.3) is 0 Å². The minimum absolute atomic E-state index is 0.0339. The van der Waals surface area contributed by atoms with Gasteiger partial charge < -0.3 is 9.52 Å². The summed E-state index contributed by atoms with van der Waals surface area (Å²) < 4.78 is 27.9. The fourth-order valence-electron chi connectivity index (χ4n) is 1.12. The highest BCUT2D eigenvalue weighted by molar-refractivity contribution is 7.91. The van der Waals surface area contributed by atoms with Gasteiger partial charge in [0.05, 0.1) is 5.75 Å². The molecule has 0 spiro atoms. The predicted octanol–water partition coefficient (Wildman–Crippen LogP) is 1.41. The predicted molar refractivity (Wildman–Crippen MR) is 52.6 cm³/mol. The molecule has 0 aliphatic carbocycles. The Bertz CT molecular complexity index is 455. The highest BCUT2D eigenvalue weighted by atomic mass is 32.2. The van der Waals surface area contributed by atoms with Gasteiger partial charge in [0.2, 0.25) is 20.7 Å². The van der Waals surface area contributed by atoms with Crippen molar-refractivity contribution < 1.29 is 22.7 Å². The molecule has 0 unspecified atom stereocenters. The van der Waals surface area contributed by atoms with Gasteiger partial charge in [-0.3, -0.25) is 0 Å². The first-order valence-corrected chi connectivity index (χ1v) is 6.04. The van der Waals surface area contributed by atoms with E-state index >= 15 is 0 Å². The lowest BCUT2D eigenvalue weighted by Gasteiger charge is -2.03. The van der Waals surface area contributed by atoms with Crippen LogP contribution in [0, 0.1) is 5.92 Å². The molecule has 84 valence electrons. The molecule has 0 fully saturated rings. The lowest BCUT2D eigenvalue weighted by Crippen LogP contribution is -2.11. The average Bonchev–Trinajstić information content (AvgIpc) is 2.48. The second-order valence-corrected chi connectivity index (χ2v) is 5.56. The summed E-state index contributed by atoms with van der Waals surface area (Å²) in [6.45, 7) is 3.52. The number of furan rings is 1. The quantitative estimate of drug-likeness (QED) is 0.848. The van der Waals surface area contributed by atoms with Crippen molar-refractivity contribution in [3.05, 3.63) is 17.9 Å². The molecular formula is C9H12O5S. The Balaban J connectivity index is 3.01. The highest BCUT2D eigenvalue weighted by Gasteiger charge is 2.21. The molecule has 0 saturated carbocycles. The molecule has 1 aromatic rings. The molecule has 0 bridgehead atoms. The van der Waals surface area contributed by atoms with E-state index in [-0.39, 0.29) is 22.5 Å². The van der Waals surface area contributed by atoms with Crippen molar-refractivity contribution in [3.8, 4) is 0 Å². The van der Waals surface area contributed by atoms with E-state index in [4.69, 9.17) is 9.52 Å². The van der Waals surface area contributed by atoms with Gasteiger partial charge in [-0.15, -0.1) is 0 Å². The van der Waals surface area contributed by atoms with Crippen LogP contribution < -0.4 is 0 Å². The van der Waals surface area contributed by atoms with E-state index < -0.39 is 15.8 Å². The smallest absolute Gasteiger partial charge is 0.371 e. The molecular weight excluding hydrogens is 220 g/mol. The first-order chi connectivity index (χ1) is 6.83. The number of carboxylic acid groups (broad SMARTS) is 1. The Hall–Kier alpha value is -1.30. The Labute approximate surface area is 87.6 Å². The maximum atomic E-state index is 11.6. The maximum absolute atomic E-state index is 11.6. The molecule has 0 radical (unpaired) electrons. The van der Waals surface area contributed by atoms with Crippen molar-refractivity contribution in [1.82, 2.24) is 0 Å². The molecule has 0 aromatic carbocycles. The van der Waals surface area contributed by atoms with Crippen LogP contribution in [0.25, 0.3) is 0 Å². The van der Waals surface area contributed by atoms with Crippen LogP contribution in [0.1, 0.15) is 24.4 Å². The third-order valence-electron chi connectivity index (χ3n) is 1.65. The molecule has 0 aliphatic heterocycles. The van der Waals surface area contributed by atoms with E-state index in [1.54, 1.807) is 13.8 Å². The van der Waals surface area contributed by atoms with Gasteiger partial charge in [-0.2, -0.15) is 0 Å². The number of sulfone groups is 1. The van der Waals surface area contributed by atoms with E-state index in [0.29, 0.717) is 0 Å². The molecule has 0 aliphatic rings. The number of hydrogen-bond donors (Lipinski definition) is 1. The fraction of sp³-hybridized carbons (Fsp3) is 0.444. The largest absolute Gasteiger partial charge is 0.475 e. The van der Waals surface area contributed by atoms with Gasteiger partial charge in [-0.25, -0.2) is 13.2 Å². The first kappa shape index (κ1) is 11.8. The summed E-state index contributed by atoms with van der Waals surface area (Å²) >= 11 is 0. The van der Waals surface area contributed by atoms with Crippen LogP contribution in [0.5, 0.6) is 0 Å². The Morgan fingerprint density at radius 2 is 2.07 bits per heavy atom. The zero-order chi connectivity index (χ0) is 11.6. The van der Waals surface area contributed by atoms with Crippen molar-refractivity contribution in [2.75, 3.05) is 5.75 Å². The first-order valence-electron chi connectivity index (χ1n) is 4.39. The summed E-state index contributed by atoms with van der Waals surface area (Å²) in [5.41, 5.74) is 0. The number of carboxylic acids is 1. The Morgan fingerprint density at radius 1 is 1.47 bits per heavy atom. The van der Waals surface area contributed by atoms with E-state index in [0.717, 1.165) is 6.07 Å². The van der Waals surface area contributed by atoms with E-state index in [1.807, 2.05) is 0 Å². The van der Waals surface area contributed by atoms with Crippen LogP contribution >= 0.6 is 0 Å². The molecule has 1 heterocycles. The molecule has 6 heteroatoms. The Morgan fingerprint density at radius 3 is 2.47 bits per heavy atom. The van der Waals surface area contributed by atoms with Crippen LogP contribution in [-0.4, -0.2) is 25.2 Å². The molecule has 5 nitrogen and oxygen atoms in total. The standard InChI is InChI=1S/C9H12O5S/c1-6(2)5-15(12,13)8-4-3-7(14-8)9(10)11/h3-4,6H,5H2,1-2H3,(H,10,11). The summed E-state index contributed by atoms with van der Waals surface area (Å²) in [4.78, 5) is 10.5. The lowest BCUT2D eigenvalue weighted by molar-refractivity contribution is 0.0656. The molecule has 0 amide bonds. The van der Waals surface area contributed by atoms with E-state index in [9.17, 15) is 13.2 Å². The molecule has 1 aromatic heterocycles. The van der Waals surface area contributed by atoms with Gasteiger partial charge in [0.15, 0.2) is 0 Å². The van der Waals surface area contributed by atoms with Crippen LogP contribution in [0.15, 0.2) is 21.6 Å². The normalized spacial score (nSPS) is 11.9. The number of carbonyl (C=O) groups is 1. The zero-order valence-electron chi connectivity index (χ0n) is 8.43. The average molecular weight is 232 g/mol. The summed E-state index contributed by atoms with van der Waals surface area (Å²) in [6.07, 6.45) is 0. The summed E-state index contributed by atoms with van der Waals surface area (Å²) in [6, 6.07) is 2.30. The van der Waals surface area contributed by atoms with E-state index in [1.165, 1.54) is 6.07 Å². The van der Waals surface area contributed by atoms with Crippen molar-refractivity contribution in [2.45, 2.75) is 18.9 Å². The van der Waals surface area contributed by atoms with E-state index in [2.05, 4.69) is 0 Å². The molecule has 15 heavy (non-hydrogen) atoms. The molecule has 1 rings (SSSR count). The topological polar surface area (TPSA) is 84.6 Å². The summed E-state index contributed by atoms with van der Waals surface area (Å²) in [7, 11) is -3.50. The van der Waals surface area contributed by atoms with Crippen LogP contribution in [-0.2, 0) is 9.84 Å². The second-order valence-electron chi connectivity index (χ2n) is 3.60. The Kier molecular flexibility index (Phi) is 3.18. The number of rotatable bonds is 4. The van der Waals surface area contributed by atoms with Crippen molar-refractivity contribution in [2.24, 2.45) is 5.92 Å². The van der Waals surface area contributed by atoms with Crippen molar-refractivity contribution >= 4 is 15.8 Å². The zero-order valence-corrected chi connectivity index (χ0v) is 9.24.